The quantitative estimate of drug-likeness (QED) is 0.718. The number of carbonyl (C=O) groups excluding carboxylic acids is 2. The van der Waals surface area contributed by atoms with E-state index in [1.165, 1.54) is 22.9 Å². The molecule has 158 valence electrons. The lowest BCUT2D eigenvalue weighted by molar-refractivity contribution is -0.441. The smallest absolute Gasteiger partial charge is 0.347 e. The van der Waals surface area contributed by atoms with Gasteiger partial charge in [0.05, 0.1) is 0 Å². The van der Waals surface area contributed by atoms with E-state index in [-0.39, 0.29) is 25.0 Å². The van der Waals surface area contributed by atoms with Crippen LogP contribution >= 0.6 is 11.8 Å². The molecule has 0 unspecified atom stereocenters. The highest BCUT2D eigenvalue weighted by atomic mass is 32.2. The van der Waals surface area contributed by atoms with E-state index in [2.05, 4.69) is 5.32 Å². The largest absolute Gasteiger partial charge is 0.481 e. The van der Waals surface area contributed by atoms with Gasteiger partial charge in [-0.2, -0.15) is 4.58 Å². The average molecular weight is 428 g/mol. The fourth-order valence-corrected chi connectivity index (χ4v) is 3.89. The third-order valence-electron chi connectivity index (χ3n) is 5.04. The molecule has 7 heteroatoms. The fraction of sp³-hybridized carbons (Fsp3) is 0.348. The van der Waals surface area contributed by atoms with Crippen LogP contribution in [0, 0.1) is 27.7 Å². The van der Waals surface area contributed by atoms with Gasteiger partial charge in [0.15, 0.2) is 13.2 Å². The number of ether oxygens (including phenoxy) is 2. The summed E-state index contributed by atoms with van der Waals surface area (Å²) in [5.41, 5.74) is 4.56. The molecular weight excluding hydrogens is 400 g/mol. The molecule has 30 heavy (non-hydrogen) atoms. The average Bonchev–Trinajstić information content (AvgIpc) is 3.17. The molecule has 0 atom stereocenters. The second-order valence-corrected chi connectivity index (χ2v) is 8.40. The summed E-state index contributed by atoms with van der Waals surface area (Å²) in [4.78, 5) is 24.9. The zero-order valence-corrected chi connectivity index (χ0v) is 18.6. The molecule has 0 saturated carbocycles. The molecule has 1 heterocycles. The number of aryl methyl sites for hydroxylation is 4. The predicted molar refractivity (Wildman–Crippen MR) is 119 cm³/mol. The van der Waals surface area contributed by atoms with Crippen LogP contribution in [0.15, 0.2) is 36.4 Å². The van der Waals surface area contributed by atoms with Gasteiger partial charge in [0.2, 0.25) is 0 Å². The van der Waals surface area contributed by atoms with Crippen LogP contribution in [0.2, 0.25) is 0 Å². The summed E-state index contributed by atoms with van der Waals surface area (Å²) >= 11 is 1.44. The van der Waals surface area contributed by atoms with Gasteiger partial charge < -0.3 is 9.47 Å². The first-order valence-electron chi connectivity index (χ1n) is 9.83. The van der Waals surface area contributed by atoms with E-state index >= 15 is 0 Å². The zero-order chi connectivity index (χ0) is 21.7. The monoisotopic (exact) mass is 427 g/mol. The Bertz CT molecular complexity index is 1000. The third kappa shape index (κ3) is 5.63. The van der Waals surface area contributed by atoms with Crippen LogP contribution < -0.4 is 14.8 Å². The maximum atomic E-state index is 12.6. The first kappa shape index (κ1) is 21.9. The second-order valence-electron chi connectivity index (χ2n) is 7.32. The second kappa shape index (κ2) is 9.80. The molecule has 1 aliphatic heterocycles. The molecule has 0 fully saturated rings. The third-order valence-corrected chi connectivity index (χ3v) is 6.02. The van der Waals surface area contributed by atoms with Crippen molar-refractivity contribution in [3.63, 3.8) is 0 Å². The molecule has 0 bridgehead atoms. The highest BCUT2D eigenvalue weighted by molar-refractivity contribution is 8.13. The molecule has 2 amide bonds. The van der Waals surface area contributed by atoms with Crippen molar-refractivity contribution in [1.82, 2.24) is 5.32 Å². The molecule has 0 aliphatic carbocycles. The van der Waals surface area contributed by atoms with Crippen molar-refractivity contribution < 1.29 is 23.6 Å². The maximum absolute atomic E-state index is 12.6. The van der Waals surface area contributed by atoms with Crippen LogP contribution in [0.1, 0.15) is 22.3 Å². The Morgan fingerprint density at radius 1 is 0.900 bits per heavy atom. The fourth-order valence-electron chi connectivity index (χ4n) is 2.89. The van der Waals surface area contributed by atoms with E-state index in [0.29, 0.717) is 23.2 Å². The Balaban J connectivity index is 1.55. The Hall–Kier alpha value is -2.80. The van der Waals surface area contributed by atoms with Gasteiger partial charge in [-0.25, -0.2) is 14.9 Å². The van der Waals surface area contributed by atoms with Gasteiger partial charge in [-0.15, -0.1) is 0 Å². The van der Waals surface area contributed by atoms with Gasteiger partial charge in [-0.1, -0.05) is 12.1 Å². The van der Waals surface area contributed by atoms with Gasteiger partial charge in [-0.05, 0) is 86.0 Å². The number of hydrogen-bond donors (Lipinski definition) is 1. The molecule has 0 saturated heterocycles. The van der Waals surface area contributed by atoms with Crippen LogP contribution in [-0.2, 0) is 9.59 Å². The van der Waals surface area contributed by atoms with Crippen LogP contribution in [0.5, 0.6) is 11.5 Å². The van der Waals surface area contributed by atoms with Crippen LogP contribution in [-0.4, -0.2) is 47.1 Å². The summed E-state index contributed by atoms with van der Waals surface area (Å²) in [6.45, 7) is 8.39. The minimum Gasteiger partial charge on any atom is -0.481 e. The van der Waals surface area contributed by atoms with E-state index in [0.717, 1.165) is 16.9 Å². The van der Waals surface area contributed by atoms with Gasteiger partial charge in [0.25, 0.3) is 0 Å². The number of hydrogen-bond acceptors (Lipinski definition) is 5. The number of carbonyl (C=O) groups is 2. The van der Waals surface area contributed by atoms with Crippen molar-refractivity contribution >= 4 is 28.7 Å². The summed E-state index contributed by atoms with van der Waals surface area (Å²) < 4.78 is 12.8. The SMILES string of the molecule is Cc1ccc(OCC(=O)NC2=[N+](C(=O)COc3ccc(C)c(C)c3)CCS2)cc1C. The molecule has 1 aliphatic rings. The van der Waals surface area contributed by atoms with Crippen molar-refractivity contribution in [2.24, 2.45) is 0 Å². The van der Waals surface area contributed by atoms with Crippen molar-refractivity contribution in [3.05, 3.63) is 58.7 Å². The minimum absolute atomic E-state index is 0.0818. The van der Waals surface area contributed by atoms with Crippen molar-refractivity contribution in [1.29, 1.82) is 0 Å². The number of amides is 2. The highest BCUT2D eigenvalue weighted by Crippen LogP contribution is 2.18. The molecule has 0 spiro atoms. The number of thioether (sulfide) groups is 1. The maximum Gasteiger partial charge on any atom is 0.347 e. The molecule has 2 aromatic rings. The first-order valence-corrected chi connectivity index (χ1v) is 10.8. The summed E-state index contributed by atoms with van der Waals surface area (Å²) in [5.74, 6) is 1.54. The highest BCUT2D eigenvalue weighted by Gasteiger charge is 2.29. The number of rotatable bonds is 6. The summed E-state index contributed by atoms with van der Waals surface area (Å²) in [5, 5.41) is 3.31. The lowest BCUT2D eigenvalue weighted by atomic mass is 10.1. The Morgan fingerprint density at radius 3 is 2.03 bits per heavy atom. The van der Waals surface area contributed by atoms with E-state index in [1.54, 1.807) is 4.58 Å². The molecule has 1 N–H and O–H groups in total. The van der Waals surface area contributed by atoms with E-state index in [9.17, 15) is 9.59 Å². The molecule has 3 rings (SSSR count). The standard InChI is InChI=1S/C23H26N2O4S/c1-15-5-7-19(11-17(15)3)28-13-21(26)24-23-25(9-10-30-23)22(27)14-29-20-8-6-16(2)18(4)12-20/h5-8,11-12H,9-10,13-14H2,1-4H3/p+1. The Kier molecular flexibility index (Phi) is 7.15. The van der Waals surface area contributed by atoms with E-state index < -0.39 is 0 Å². The topological polar surface area (TPSA) is 67.6 Å². The first-order chi connectivity index (χ1) is 14.3. The summed E-state index contributed by atoms with van der Waals surface area (Å²) in [6, 6.07) is 11.4. The van der Waals surface area contributed by atoms with Crippen LogP contribution in [0.4, 0.5) is 0 Å². The minimum atomic E-state index is -0.300. The number of amidine groups is 1. The number of nitrogens with one attached hydrogen (secondary N) is 1. The lowest BCUT2D eigenvalue weighted by Gasteiger charge is -2.08. The molecule has 6 nitrogen and oxygen atoms in total. The van der Waals surface area contributed by atoms with Crippen LogP contribution in [0.25, 0.3) is 0 Å². The Morgan fingerprint density at radius 2 is 1.47 bits per heavy atom. The van der Waals surface area contributed by atoms with E-state index in [4.69, 9.17) is 9.47 Å². The predicted octanol–water partition coefficient (Wildman–Crippen LogP) is 3.14. The van der Waals surface area contributed by atoms with Gasteiger partial charge in [0, 0.05) is 5.75 Å². The molecular formula is C23H27N2O4S+. The van der Waals surface area contributed by atoms with Crippen LogP contribution in [0.3, 0.4) is 0 Å². The summed E-state index contributed by atoms with van der Waals surface area (Å²) in [6.07, 6.45) is 0. The summed E-state index contributed by atoms with van der Waals surface area (Å²) in [7, 11) is 0. The normalized spacial score (nSPS) is 13.3. The van der Waals surface area contributed by atoms with E-state index in [1.807, 2.05) is 64.1 Å². The molecule has 2 aromatic carbocycles. The number of nitrogens with zero attached hydrogens (tertiary/aromatic N) is 1. The Labute approximate surface area is 181 Å². The lowest BCUT2D eigenvalue weighted by Crippen LogP contribution is -2.39. The zero-order valence-electron chi connectivity index (χ0n) is 17.8. The molecule has 0 radical (unpaired) electrons. The van der Waals surface area contributed by atoms with Gasteiger partial charge in [-0.3, -0.25) is 0 Å². The van der Waals surface area contributed by atoms with Gasteiger partial charge in [0.1, 0.15) is 18.0 Å². The van der Waals surface area contributed by atoms with Gasteiger partial charge >= 0.3 is 17.0 Å². The number of benzene rings is 2. The van der Waals surface area contributed by atoms with Crippen molar-refractivity contribution in [3.8, 4) is 11.5 Å². The van der Waals surface area contributed by atoms with Crippen molar-refractivity contribution in [2.45, 2.75) is 27.7 Å². The van der Waals surface area contributed by atoms with Crippen molar-refractivity contribution in [2.75, 3.05) is 25.5 Å². The molecule has 0 aromatic heterocycles.